The molecule has 0 spiro atoms. The van der Waals surface area contributed by atoms with Crippen LogP contribution in [0.3, 0.4) is 0 Å². The Bertz CT molecular complexity index is 676. The van der Waals surface area contributed by atoms with Crippen LogP contribution in [0.25, 0.3) is 0 Å². The molecule has 2 aromatic carbocycles. The summed E-state index contributed by atoms with van der Waals surface area (Å²) in [6, 6.07) is 19.4. The lowest BCUT2D eigenvalue weighted by molar-refractivity contribution is 0.681. The van der Waals surface area contributed by atoms with E-state index in [-0.39, 0.29) is 0 Å². The minimum atomic E-state index is 0.327. The predicted molar refractivity (Wildman–Crippen MR) is 95.2 cm³/mol. The van der Waals surface area contributed by atoms with Crippen molar-refractivity contribution in [3.05, 3.63) is 102 Å². The van der Waals surface area contributed by atoms with Crippen molar-refractivity contribution in [1.82, 2.24) is 0 Å². The summed E-state index contributed by atoms with van der Waals surface area (Å²) in [5.74, 6) is 0.682. The summed E-state index contributed by atoms with van der Waals surface area (Å²) in [6.07, 6.45) is 8.74. The van der Waals surface area contributed by atoms with E-state index in [0.29, 0.717) is 11.8 Å². The van der Waals surface area contributed by atoms with Gasteiger partial charge in [-0.3, -0.25) is 0 Å². The van der Waals surface area contributed by atoms with Gasteiger partial charge in [0.1, 0.15) is 0 Å². The van der Waals surface area contributed by atoms with Gasteiger partial charge in [-0.25, -0.2) is 0 Å². The second-order valence-electron chi connectivity index (χ2n) is 5.63. The van der Waals surface area contributed by atoms with Crippen LogP contribution in [0, 0.1) is 5.92 Å². The Labute approximate surface area is 132 Å². The molecule has 0 saturated heterocycles. The maximum Gasteiger partial charge on any atom is 0.0337 e. The molecule has 1 nitrogen and oxygen atoms in total. The molecule has 0 aromatic heterocycles. The Balaban J connectivity index is 2.01. The molecule has 1 unspecified atom stereocenters. The largest absolute Gasteiger partial charge is 0.388 e. The zero-order chi connectivity index (χ0) is 15.4. The van der Waals surface area contributed by atoms with Crippen molar-refractivity contribution in [1.29, 1.82) is 0 Å². The number of hydrogen-bond donors (Lipinski definition) is 1. The summed E-state index contributed by atoms with van der Waals surface area (Å²) in [6.45, 7) is 3.99. The smallest absolute Gasteiger partial charge is 0.0337 e. The van der Waals surface area contributed by atoms with Crippen molar-refractivity contribution in [2.75, 3.05) is 12.4 Å². The topological polar surface area (TPSA) is 12.0 Å². The molecule has 1 N–H and O–H groups in total. The van der Waals surface area contributed by atoms with Crippen LogP contribution < -0.4 is 5.32 Å². The molecule has 0 bridgehead atoms. The Kier molecular flexibility index (Phi) is 4.24. The van der Waals surface area contributed by atoms with Crippen molar-refractivity contribution in [2.24, 2.45) is 5.92 Å². The van der Waals surface area contributed by atoms with E-state index in [0.717, 1.165) is 11.3 Å². The number of anilines is 1. The van der Waals surface area contributed by atoms with E-state index in [2.05, 4.69) is 90.8 Å². The Hall–Kier alpha value is -2.54. The van der Waals surface area contributed by atoms with Gasteiger partial charge < -0.3 is 5.32 Å². The normalized spacial score (nSPS) is 15.8. The lowest BCUT2D eigenvalue weighted by Crippen LogP contribution is -2.12. The molecule has 1 aliphatic carbocycles. The van der Waals surface area contributed by atoms with Crippen LogP contribution in [0.5, 0.6) is 0 Å². The fraction of sp³-hybridized carbons (Fsp3) is 0.143. The number of benzene rings is 2. The minimum absolute atomic E-state index is 0.327. The van der Waals surface area contributed by atoms with Crippen molar-refractivity contribution in [3.63, 3.8) is 0 Å². The molecule has 22 heavy (non-hydrogen) atoms. The first kappa shape index (κ1) is 14.4. The second-order valence-corrected chi connectivity index (χ2v) is 5.63. The highest BCUT2D eigenvalue weighted by molar-refractivity contribution is 5.48. The van der Waals surface area contributed by atoms with Gasteiger partial charge in [0.25, 0.3) is 0 Å². The molecule has 110 valence electrons. The Morgan fingerprint density at radius 1 is 0.864 bits per heavy atom. The summed E-state index contributed by atoms with van der Waals surface area (Å²) in [5.41, 5.74) is 4.87. The zero-order valence-corrected chi connectivity index (χ0v) is 12.9. The molecule has 0 aliphatic heterocycles. The van der Waals surface area contributed by atoms with Crippen LogP contribution in [-0.4, -0.2) is 7.05 Å². The highest BCUT2D eigenvalue weighted by atomic mass is 14.8. The Morgan fingerprint density at radius 3 is 2.05 bits per heavy atom. The van der Waals surface area contributed by atoms with E-state index in [1.165, 1.54) is 11.1 Å². The fourth-order valence-corrected chi connectivity index (χ4v) is 2.97. The molecular formula is C21H21N. The minimum Gasteiger partial charge on any atom is -0.388 e. The molecule has 1 heteroatoms. The van der Waals surface area contributed by atoms with Crippen molar-refractivity contribution in [2.45, 2.75) is 5.92 Å². The van der Waals surface area contributed by atoms with Gasteiger partial charge >= 0.3 is 0 Å². The van der Waals surface area contributed by atoms with Gasteiger partial charge in [-0.1, -0.05) is 73.3 Å². The highest BCUT2D eigenvalue weighted by Gasteiger charge is 2.22. The van der Waals surface area contributed by atoms with Crippen LogP contribution in [0.15, 0.2) is 91.1 Å². The molecule has 3 rings (SSSR count). The lowest BCUT2D eigenvalue weighted by atomic mass is 9.78. The molecule has 0 heterocycles. The van der Waals surface area contributed by atoms with Gasteiger partial charge in [-0.05, 0) is 28.8 Å². The van der Waals surface area contributed by atoms with Gasteiger partial charge in [0.05, 0.1) is 0 Å². The number of hydrogen-bond acceptors (Lipinski definition) is 1. The summed E-state index contributed by atoms with van der Waals surface area (Å²) in [5, 5.41) is 3.18. The first-order valence-electron chi connectivity index (χ1n) is 7.66. The predicted octanol–water partition coefficient (Wildman–Crippen LogP) is 5.16. The van der Waals surface area contributed by atoms with Crippen molar-refractivity contribution >= 4 is 5.69 Å². The molecule has 0 radical (unpaired) electrons. The number of nitrogens with one attached hydrogen (secondary N) is 1. The molecule has 2 aromatic rings. The number of allylic oxidation sites excluding steroid dienone is 5. The molecule has 0 saturated carbocycles. The molecule has 1 aliphatic rings. The standard InChI is InChI=1S/C21H21N/c1-16-8-10-18(11-9-16)21(17-6-4-3-5-7-17)19-12-14-20(22-2)15-13-19/h3-15,18,21-22H,1H2,2H3. The first-order chi connectivity index (χ1) is 10.8. The van der Waals surface area contributed by atoms with E-state index in [9.17, 15) is 0 Å². The SMILES string of the molecule is C=C1C=CC(C(c2ccccc2)c2ccc(NC)cc2)C=C1. The van der Waals surface area contributed by atoms with E-state index in [4.69, 9.17) is 0 Å². The maximum absolute atomic E-state index is 3.99. The van der Waals surface area contributed by atoms with E-state index >= 15 is 0 Å². The van der Waals surface area contributed by atoms with Crippen LogP contribution >= 0.6 is 0 Å². The molecule has 0 fully saturated rings. The van der Waals surface area contributed by atoms with Crippen LogP contribution in [0.4, 0.5) is 5.69 Å². The van der Waals surface area contributed by atoms with E-state index in [1.807, 2.05) is 7.05 Å². The summed E-state index contributed by atoms with van der Waals surface area (Å²) < 4.78 is 0. The van der Waals surface area contributed by atoms with Gasteiger partial charge in [-0.15, -0.1) is 0 Å². The second kappa shape index (κ2) is 6.48. The maximum atomic E-state index is 3.99. The molecule has 0 amide bonds. The lowest BCUT2D eigenvalue weighted by Gasteiger charge is -2.25. The average molecular weight is 287 g/mol. The summed E-state index contributed by atoms with van der Waals surface area (Å²) in [4.78, 5) is 0. The monoisotopic (exact) mass is 287 g/mol. The zero-order valence-electron chi connectivity index (χ0n) is 12.9. The van der Waals surface area contributed by atoms with Gasteiger partial charge in [0.15, 0.2) is 0 Å². The third-order valence-corrected chi connectivity index (χ3v) is 4.17. The third kappa shape index (κ3) is 3.04. The molecule has 1 atom stereocenters. The fourth-order valence-electron chi connectivity index (χ4n) is 2.97. The Morgan fingerprint density at radius 2 is 1.45 bits per heavy atom. The van der Waals surface area contributed by atoms with Crippen molar-refractivity contribution < 1.29 is 0 Å². The average Bonchev–Trinajstić information content (AvgIpc) is 2.58. The van der Waals surface area contributed by atoms with Crippen LogP contribution in [0.1, 0.15) is 17.0 Å². The summed E-state index contributed by atoms with van der Waals surface area (Å²) >= 11 is 0. The van der Waals surface area contributed by atoms with Gasteiger partial charge in [0, 0.05) is 24.6 Å². The summed E-state index contributed by atoms with van der Waals surface area (Å²) in [7, 11) is 1.95. The van der Waals surface area contributed by atoms with E-state index < -0.39 is 0 Å². The van der Waals surface area contributed by atoms with Gasteiger partial charge in [0.2, 0.25) is 0 Å². The molecular weight excluding hydrogens is 266 g/mol. The highest BCUT2D eigenvalue weighted by Crippen LogP contribution is 2.36. The van der Waals surface area contributed by atoms with Gasteiger partial charge in [-0.2, -0.15) is 0 Å². The third-order valence-electron chi connectivity index (χ3n) is 4.17. The van der Waals surface area contributed by atoms with E-state index in [1.54, 1.807) is 0 Å². The van der Waals surface area contributed by atoms with Crippen LogP contribution in [-0.2, 0) is 0 Å². The quantitative estimate of drug-likeness (QED) is 0.819. The first-order valence-corrected chi connectivity index (χ1v) is 7.66. The van der Waals surface area contributed by atoms with Crippen molar-refractivity contribution in [3.8, 4) is 0 Å². The van der Waals surface area contributed by atoms with Crippen LogP contribution in [0.2, 0.25) is 0 Å². The number of rotatable bonds is 4.